The van der Waals surface area contributed by atoms with Crippen molar-refractivity contribution in [2.45, 2.75) is 77.0 Å². The number of anilines is 1. The van der Waals surface area contributed by atoms with Gasteiger partial charge in [0.1, 0.15) is 0 Å². The van der Waals surface area contributed by atoms with Crippen molar-refractivity contribution in [1.82, 2.24) is 4.72 Å². The fourth-order valence-corrected chi connectivity index (χ4v) is 4.16. The van der Waals surface area contributed by atoms with E-state index in [9.17, 15) is 8.42 Å². The molecule has 0 aromatic heterocycles. The average molecular weight is 367 g/mol. The molecule has 1 saturated carbocycles. The molecule has 1 aromatic rings. The van der Waals surface area contributed by atoms with Crippen molar-refractivity contribution in [3.8, 4) is 0 Å². The Balaban J connectivity index is 1.77. The minimum Gasteiger partial charge on any atom is -0.385 e. The highest BCUT2D eigenvalue weighted by atomic mass is 32.2. The summed E-state index contributed by atoms with van der Waals surface area (Å²) in [6.45, 7) is 10.6. The molecule has 0 spiro atoms. The molecule has 1 aliphatic carbocycles. The molecule has 1 fully saturated rings. The van der Waals surface area contributed by atoms with Gasteiger partial charge in [0.25, 0.3) is 0 Å². The lowest BCUT2D eigenvalue weighted by molar-refractivity contribution is 0.322. The molecule has 4 nitrogen and oxygen atoms in total. The summed E-state index contributed by atoms with van der Waals surface area (Å²) < 4.78 is 26.7. The largest absolute Gasteiger partial charge is 0.385 e. The molecule has 0 aliphatic heterocycles. The quantitative estimate of drug-likeness (QED) is 0.779. The lowest BCUT2D eigenvalue weighted by Gasteiger charge is -2.31. The molecule has 2 N–H and O–H groups in total. The zero-order chi connectivity index (χ0) is 18.7. The van der Waals surface area contributed by atoms with Gasteiger partial charge >= 0.3 is 0 Å². The van der Waals surface area contributed by atoms with E-state index in [0.717, 1.165) is 32.2 Å². The second kappa shape index (κ2) is 8.09. The Kier molecular flexibility index (Phi) is 6.55. The van der Waals surface area contributed by atoms with E-state index >= 15 is 0 Å². The topological polar surface area (TPSA) is 58.2 Å². The van der Waals surface area contributed by atoms with Crippen molar-refractivity contribution in [2.75, 3.05) is 11.9 Å². The summed E-state index contributed by atoms with van der Waals surface area (Å²) in [5.74, 6) is 1.17. The Morgan fingerprint density at radius 3 is 2.08 bits per heavy atom. The molecule has 2 rings (SSSR count). The van der Waals surface area contributed by atoms with Crippen molar-refractivity contribution in [3.05, 3.63) is 29.8 Å². The first-order valence-corrected chi connectivity index (χ1v) is 10.9. The standard InChI is InChI=1S/C20H34N2O2S/c1-15(2)17-8-12-18(13-9-17)21-14-16-6-10-19(11-7-16)22-25(23,24)20(3,4)5/h8-9,12-13,15-16,19,21-22H,6-7,10-11,14H2,1-5H3/t16-,19-. The van der Waals surface area contributed by atoms with Crippen molar-refractivity contribution in [1.29, 1.82) is 0 Å². The molecule has 142 valence electrons. The van der Waals surface area contributed by atoms with Gasteiger partial charge in [-0.2, -0.15) is 0 Å². The third-order valence-electron chi connectivity index (χ3n) is 5.15. The first-order chi connectivity index (χ1) is 11.6. The Morgan fingerprint density at radius 1 is 1.04 bits per heavy atom. The highest BCUT2D eigenvalue weighted by molar-refractivity contribution is 7.90. The van der Waals surface area contributed by atoms with E-state index < -0.39 is 14.8 Å². The molecule has 0 amide bonds. The summed E-state index contributed by atoms with van der Waals surface area (Å²) in [6, 6.07) is 8.76. The molecular weight excluding hydrogens is 332 g/mol. The average Bonchev–Trinajstić information content (AvgIpc) is 2.53. The maximum Gasteiger partial charge on any atom is 0.216 e. The van der Waals surface area contributed by atoms with E-state index in [-0.39, 0.29) is 6.04 Å². The summed E-state index contributed by atoms with van der Waals surface area (Å²) in [4.78, 5) is 0. The molecule has 0 atom stereocenters. The Morgan fingerprint density at radius 2 is 1.60 bits per heavy atom. The van der Waals surface area contributed by atoms with Crippen LogP contribution in [0.25, 0.3) is 0 Å². The molecular formula is C20H34N2O2S. The summed E-state index contributed by atoms with van der Waals surface area (Å²) in [7, 11) is -3.25. The Labute approximate surface area is 153 Å². The third kappa shape index (κ3) is 5.71. The van der Waals surface area contributed by atoms with Gasteiger partial charge < -0.3 is 5.32 Å². The zero-order valence-electron chi connectivity index (χ0n) is 16.3. The van der Waals surface area contributed by atoms with Crippen molar-refractivity contribution in [2.24, 2.45) is 5.92 Å². The predicted octanol–water partition coefficient (Wildman–Crippen LogP) is 4.50. The van der Waals surface area contributed by atoms with Gasteiger partial charge in [-0.1, -0.05) is 26.0 Å². The minimum atomic E-state index is -3.25. The maximum absolute atomic E-state index is 12.3. The van der Waals surface area contributed by atoms with E-state index in [1.165, 1.54) is 11.3 Å². The van der Waals surface area contributed by atoms with Gasteiger partial charge in [0, 0.05) is 18.3 Å². The van der Waals surface area contributed by atoms with Crippen LogP contribution in [0.15, 0.2) is 24.3 Å². The van der Waals surface area contributed by atoms with Crippen molar-refractivity contribution < 1.29 is 8.42 Å². The smallest absolute Gasteiger partial charge is 0.216 e. The van der Waals surface area contributed by atoms with Crippen LogP contribution < -0.4 is 10.0 Å². The van der Waals surface area contributed by atoms with E-state index in [0.29, 0.717) is 11.8 Å². The van der Waals surface area contributed by atoms with Crippen molar-refractivity contribution >= 4 is 15.7 Å². The number of nitrogens with one attached hydrogen (secondary N) is 2. The number of sulfonamides is 1. The lowest BCUT2D eigenvalue weighted by Crippen LogP contribution is -2.46. The van der Waals surface area contributed by atoms with Gasteiger partial charge in [-0.15, -0.1) is 0 Å². The first kappa shape index (κ1) is 20.2. The summed E-state index contributed by atoms with van der Waals surface area (Å²) in [5.41, 5.74) is 2.53. The summed E-state index contributed by atoms with van der Waals surface area (Å²) in [6.07, 6.45) is 3.98. The molecule has 0 saturated heterocycles. The summed E-state index contributed by atoms with van der Waals surface area (Å²) >= 11 is 0. The van der Waals surface area contributed by atoms with Crippen LogP contribution in [0, 0.1) is 5.92 Å². The van der Waals surface area contributed by atoms with Gasteiger partial charge in [0.15, 0.2) is 0 Å². The maximum atomic E-state index is 12.3. The van der Waals surface area contributed by atoms with Crippen LogP contribution in [0.1, 0.15) is 71.8 Å². The molecule has 0 unspecified atom stereocenters. The monoisotopic (exact) mass is 366 g/mol. The number of hydrogen-bond acceptors (Lipinski definition) is 3. The predicted molar refractivity (Wildman–Crippen MR) is 107 cm³/mol. The van der Waals surface area contributed by atoms with Crippen LogP contribution in [0.4, 0.5) is 5.69 Å². The second-order valence-electron chi connectivity index (χ2n) is 8.61. The Hall–Kier alpha value is -1.07. The molecule has 0 radical (unpaired) electrons. The highest BCUT2D eigenvalue weighted by Crippen LogP contribution is 2.27. The van der Waals surface area contributed by atoms with Crippen LogP contribution >= 0.6 is 0 Å². The van der Waals surface area contributed by atoms with E-state index in [2.05, 4.69) is 48.2 Å². The SMILES string of the molecule is CC(C)c1ccc(NC[C@H]2CC[C@H](NS(=O)(=O)C(C)(C)C)CC2)cc1. The number of rotatable bonds is 6. The van der Waals surface area contributed by atoms with Crippen molar-refractivity contribution in [3.63, 3.8) is 0 Å². The van der Waals surface area contributed by atoms with Gasteiger partial charge in [0.2, 0.25) is 10.0 Å². The third-order valence-corrected chi connectivity index (χ3v) is 7.40. The van der Waals surface area contributed by atoms with Crippen LogP contribution in [0.3, 0.4) is 0 Å². The van der Waals surface area contributed by atoms with E-state index in [1.54, 1.807) is 20.8 Å². The van der Waals surface area contributed by atoms with Gasteiger partial charge in [0.05, 0.1) is 4.75 Å². The van der Waals surface area contributed by atoms with Crippen LogP contribution in [-0.2, 0) is 10.0 Å². The van der Waals surface area contributed by atoms with Gasteiger partial charge in [-0.05, 0) is 76.0 Å². The zero-order valence-corrected chi connectivity index (χ0v) is 17.1. The number of benzene rings is 1. The fourth-order valence-electron chi connectivity index (χ4n) is 3.13. The molecule has 25 heavy (non-hydrogen) atoms. The lowest BCUT2D eigenvalue weighted by atomic mass is 9.86. The van der Waals surface area contributed by atoms with Gasteiger partial charge in [-0.25, -0.2) is 13.1 Å². The molecule has 1 aliphatic rings. The molecule has 0 bridgehead atoms. The first-order valence-electron chi connectivity index (χ1n) is 9.44. The highest BCUT2D eigenvalue weighted by Gasteiger charge is 2.32. The van der Waals surface area contributed by atoms with Gasteiger partial charge in [-0.3, -0.25) is 0 Å². The van der Waals surface area contributed by atoms with Crippen LogP contribution in [-0.4, -0.2) is 25.8 Å². The normalized spacial score (nSPS) is 22.2. The van der Waals surface area contributed by atoms with E-state index in [1.807, 2.05) is 0 Å². The Bertz CT molecular complexity index is 637. The van der Waals surface area contributed by atoms with E-state index in [4.69, 9.17) is 0 Å². The van der Waals surface area contributed by atoms with Crippen LogP contribution in [0.5, 0.6) is 0 Å². The fraction of sp³-hybridized carbons (Fsp3) is 0.700. The second-order valence-corrected chi connectivity index (χ2v) is 11.1. The minimum absolute atomic E-state index is 0.0887. The summed E-state index contributed by atoms with van der Waals surface area (Å²) in [5, 5.41) is 3.53. The van der Waals surface area contributed by atoms with Crippen LogP contribution in [0.2, 0.25) is 0 Å². The molecule has 1 aromatic carbocycles. The number of hydrogen-bond donors (Lipinski definition) is 2. The molecule has 5 heteroatoms. The molecule has 0 heterocycles.